The second-order valence-corrected chi connectivity index (χ2v) is 2.70. The third kappa shape index (κ3) is 1.78. The summed E-state index contributed by atoms with van der Waals surface area (Å²) in [6.07, 6.45) is 2.51. The number of hydrogen-bond donors (Lipinski definition) is 0. The van der Waals surface area contributed by atoms with Crippen molar-refractivity contribution in [2.24, 2.45) is 0 Å². The van der Waals surface area contributed by atoms with Crippen molar-refractivity contribution < 1.29 is 0 Å². The van der Waals surface area contributed by atoms with Crippen LogP contribution in [0.25, 0.3) is 0 Å². The lowest BCUT2D eigenvalue weighted by molar-refractivity contribution is 1.14. The van der Waals surface area contributed by atoms with Gasteiger partial charge in [-0.05, 0) is 27.5 Å². The third-order valence-electron chi connectivity index (χ3n) is 0.618. The summed E-state index contributed by atoms with van der Waals surface area (Å²) < 4.78 is 0.522. The number of aromatic nitrogens is 2. The Labute approximate surface area is 70.3 Å². The Morgan fingerprint density at radius 2 is 2.11 bits per heavy atom. The average molecular weight is 227 g/mol. The first kappa shape index (κ1) is 7.25. The maximum Gasteiger partial charge on any atom is 0.224 e. The van der Waals surface area contributed by atoms with Crippen molar-refractivity contribution in [2.45, 2.75) is 0 Å². The Morgan fingerprint density at radius 1 is 1.44 bits per heavy atom. The molecular weight excluding hydrogens is 227 g/mol. The van der Waals surface area contributed by atoms with Crippen LogP contribution in [0.4, 0.5) is 0 Å². The molecule has 0 N–H and O–H groups in total. The molecule has 47 valence electrons. The molecule has 0 spiro atoms. The topological polar surface area (TPSA) is 25.8 Å². The molecule has 0 saturated heterocycles. The van der Waals surface area contributed by atoms with Gasteiger partial charge in [-0.2, -0.15) is 0 Å². The smallest absolute Gasteiger partial charge is 0.215 e. The van der Waals surface area contributed by atoms with Crippen LogP contribution in [0.1, 0.15) is 0 Å². The minimum absolute atomic E-state index is 0.100. The van der Waals surface area contributed by atoms with Crippen molar-refractivity contribution in [3.63, 3.8) is 0 Å². The van der Waals surface area contributed by atoms with E-state index in [1.165, 1.54) is 0 Å². The average Bonchev–Trinajstić information content (AvgIpc) is 1.80. The van der Waals surface area contributed by atoms with Crippen molar-refractivity contribution in [1.82, 2.24) is 9.97 Å². The molecule has 0 aliphatic rings. The molecule has 0 amide bonds. The van der Waals surface area contributed by atoms with Crippen molar-refractivity contribution in [3.8, 4) is 0 Å². The zero-order valence-electron chi connectivity index (χ0n) is 4.03. The van der Waals surface area contributed by atoms with E-state index in [1.807, 2.05) is 0 Å². The van der Waals surface area contributed by atoms with Gasteiger partial charge in [-0.1, -0.05) is 11.6 Å². The molecule has 0 unspecified atom stereocenters. The molecule has 0 saturated carbocycles. The van der Waals surface area contributed by atoms with E-state index in [-0.39, 0.29) is 10.4 Å². The Morgan fingerprint density at radius 3 is 2.56 bits per heavy atom. The highest BCUT2D eigenvalue weighted by Crippen LogP contribution is 2.18. The highest BCUT2D eigenvalue weighted by atomic mass is 79.9. The molecule has 0 bridgehead atoms. The molecular formula is C4BrCl2N2. The van der Waals surface area contributed by atoms with Crippen LogP contribution in [0.2, 0.25) is 10.4 Å². The Kier molecular flexibility index (Phi) is 2.27. The number of hydrogen-bond acceptors (Lipinski definition) is 2. The van der Waals surface area contributed by atoms with Gasteiger partial charge in [0.05, 0.1) is 4.47 Å². The van der Waals surface area contributed by atoms with Gasteiger partial charge in [0.25, 0.3) is 0 Å². The fourth-order valence-corrected chi connectivity index (χ4v) is 0.766. The lowest BCUT2D eigenvalue weighted by Gasteiger charge is -1.90. The van der Waals surface area contributed by atoms with Crippen molar-refractivity contribution in [1.29, 1.82) is 0 Å². The molecule has 9 heavy (non-hydrogen) atoms. The number of nitrogens with zero attached hydrogens (tertiary/aromatic N) is 2. The Balaban J connectivity index is 3.17. The number of rotatable bonds is 0. The summed E-state index contributed by atoms with van der Waals surface area (Å²) in [6, 6.07) is 0. The molecule has 1 aromatic rings. The van der Waals surface area contributed by atoms with Crippen LogP contribution in [0, 0.1) is 6.20 Å². The molecule has 1 heterocycles. The molecule has 2 nitrogen and oxygen atoms in total. The molecule has 1 aromatic heterocycles. The van der Waals surface area contributed by atoms with Crippen LogP contribution >= 0.6 is 39.1 Å². The predicted molar refractivity (Wildman–Crippen MR) is 38.6 cm³/mol. The predicted octanol–water partition coefficient (Wildman–Crippen LogP) is 2.35. The van der Waals surface area contributed by atoms with E-state index in [4.69, 9.17) is 23.2 Å². The van der Waals surface area contributed by atoms with Gasteiger partial charge in [0, 0.05) is 0 Å². The minimum Gasteiger partial charge on any atom is -0.215 e. The summed E-state index contributed by atoms with van der Waals surface area (Å²) in [5, 5.41) is 0.373. The van der Waals surface area contributed by atoms with Gasteiger partial charge in [-0.3, -0.25) is 0 Å². The monoisotopic (exact) mass is 225 g/mol. The van der Waals surface area contributed by atoms with E-state index < -0.39 is 0 Å². The van der Waals surface area contributed by atoms with E-state index in [0.29, 0.717) is 4.47 Å². The zero-order valence-corrected chi connectivity index (χ0v) is 7.13. The first-order chi connectivity index (χ1) is 4.20. The van der Waals surface area contributed by atoms with E-state index >= 15 is 0 Å². The first-order valence-corrected chi connectivity index (χ1v) is 3.51. The van der Waals surface area contributed by atoms with Crippen molar-refractivity contribution in [3.05, 3.63) is 21.1 Å². The molecule has 5 heteroatoms. The Hall–Kier alpha value is 0.140. The third-order valence-corrected chi connectivity index (χ3v) is 1.84. The van der Waals surface area contributed by atoms with Crippen molar-refractivity contribution >= 4 is 39.1 Å². The van der Waals surface area contributed by atoms with Crippen LogP contribution in [0.15, 0.2) is 4.47 Å². The summed E-state index contributed by atoms with van der Waals surface area (Å²) in [6.45, 7) is 0. The largest absolute Gasteiger partial charge is 0.224 e. The van der Waals surface area contributed by atoms with Gasteiger partial charge in [-0.25, -0.2) is 9.97 Å². The van der Waals surface area contributed by atoms with Crippen LogP contribution < -0.4 is 0 Å². The lowest BCUT2D eigenvalue weighted by Crippen LogP contribution is -1.82. The second-order valence-electron chi connectivity index (χ2n) is 1.21. The Bertz CT molecular complexity index is 228. The van der Waals surface area contributed by atoms with E-state index in [9.17, 15) is 0 Å². The van der Waals surface area contributed by atoms with Gasteiger partial charge in [0.1, 0.15) is 11.3 Å². The summed E-state index contributed by atoms with van der Waals surface area (Å²) in [7, 11) is 0. The van der Waals surface area contributed by atoms with Crippen LogP contribution in [-0.4, -0.2) is 9.97 Å². The maximum absolute atomic E-state index is 5.50. The molecule has 0 aromatic carbocycles. The summed E-state index contributed by atoms with van der Waals surface area (Å²) in [4.78, 5) is 7.15. The van der Waals surface area contributed by atoms with E-state index in [1.54, 1.807) is 0 Å². The fraction of sp³-hybridized carbons (Fsp3) is 0. The van der Waals surface area contributed by atoms with Gasteiger partial charge < -0.3 is 0 Å². The van der Waals surface area contributed by atoms with E-state index in [0.717, 1.165) is 0 Å². The molecule has 0 aliphatic carbocycles. The normalized spacial score (nSPS) is 9.67. The quantitative estimate of drug-likeness (QED) is 0.502. The molecule has 0 atom stereocenters. The SMILES string of the molecule is Clc1n[c]c(Br)c(Cl)n1. The molecule has 1 radical (unpaired) electrons. The van der Waals surface area contributed by atoms with Gasteiger partial charge >= 0.3 is 0 Å². The standard InChI is InChI=1S/C4BrCl2N2/c5-2-1-8-4(7)9-3(2)6. The maximum atomic E-state index is 5.50. The fourth-order valence-electron chi connectivity index (χ4n) is 0.296. The van der Waals surface area contributed by atoms with Gasteiger partial charge in [0.2, 0.25) is 5.28 Å². The summed E-state index contributed by atoms with van der Waals surface area (Å²) in [5.41, 5.74) is 0. The molecule has 0 fully saturated rings. The van der Waals surface area contributed by atoms with Crippen molar-refractivity contribution in [2.75, 3.05) is 0 Å². The highest BCUT2D eigenvalue weighted by molar-refractivity contribution is 9.10. The van der Waals surface area contributed by atoms with Crippen LogP contribution in [0.5, 0.6) is 0 Å². The molecule has 1 rings (SSSR count). The first-order valence-electron chi connectivity index (χ1n) is 1.96. The minimum atomic E-state index is 0.100. The second kappa shape index (κ2) is 2.82. The number of halogens is 3. The summed E-state index contributed by atoms with van der Waals surface area (Å²) in [5.74, 6) is 0. The van der Waals surface area contributed by atoms with Gasteiger partial charge in [0.15, 0.2) is 0 Å². The van der Waals surface area contributed by atoms with Crippen LogP contribution in [0.3, 0.4) is 0 Å². The van der Waals surface area contributed by atoms with Gasteiger partial charge in [-0.15, -0.1) is 0 Å². The van der Waals surface area contributed by atoms with E-state index in [2.05, 4.69) is 32.1 Å². The van der Waals surface area contributed by atoms with Crippen LogP contribution in [-0.2, 0) is 0 Å². The highest BCUT2D eigenvalue weighted by Gasteiger charge is 1.98. The summed E-state index contributed by atoms with van der Waals surface area (Å²) >= 11 is 13.9. The zero-order chi connectivity index (χ0) is 6.85. The molecule has 0 aliphatic heterocycles. The lowest BCUT2D eigenvalue weighted by atomic mass is 10.7.